The number of esters is 1. The highest BCUT2D eigenvalue weighted by Gasteiger charge is 2.27. The van der Waals surface area contributed by atoms with Crippen LogP contribution in [0.5, 0.6) is 5.75 Å². The van der Waals surface area contributed by atoms with Gasteiger partial charge in [0, 0.05) is 12.1 Å². The molecule has 0 aliphatic carbocycles. The van der Waals surface area contributed by atoms with Gasteiger partial charge in [0.25, 0.3) is 5.69 Å². The van der Waals surface area contributed by atoms with Crippen LogP contribution in [0.2, 0.25) is 0 Å². The molecule has 1 aromatic rings. The van der Waals surface area contributed by atoms with Crippen molar-refractivity contribution >= 4 is 17.3 Å². The summed E-state index contributed by atoms with van der Waals surface area (Å²) >= 11 is 0. The van der Waals surface area contributed by atoms with E-state index < -0.39 is 17.0 Å². The Balaban J connectivity index is 2.16. The summed E-state index contributed by atoms with van der Waals surface area (Å²) in [5.74, 6) is -0.0427. The molecule has 0 saturated carbocycles. The lowest BCUT2D eigenvalue weighted by atomic mass is 10.2. The van der Waals surface area contributed by atoms with Crippen molar-refractivity contribution in [1.29, 1.82) is 0 Å². The smallest absolute Gasteiger partial charge is 0.349 e. The fraction of sp³-hybridized carbons (Fsp3) is 0.364. The van der Waals surface area contributed by atoms with E-state index in [-0.39, 0.29) is 18.8 Å². The standard InChI is InChI=1S/C11H12N2O5/c1-2-17-11(14)10-6-12-8-5-7(13(15)16)3-4-9(8)18-10/h3-5,10,12H,2,6H2,1H3/t10-/m1/s1. The average molecular weight is 252 g/mol. The van der Waals surface area contributed by atoms with Gasteiger partial charge in [-0.15, -0.1) is 0 Å². The zero-order chi connectivity index (χ0) is 13.1. The van der Waals surface area contributed by atoms with E-state index in [2.05, 4.69) is 5.32 Å². The molecular formula is C11H12N2O5. The first-order valence-electron chi connectivity index (χ1n) is 5.47. The zero-order valence-corrected chi connectivity index (χ0v) is 9.71. The van der Waals surface area contributed by atoms with E-state index in [9.17, 15) is 14.9 Å². The quantitative estimate of drug-likeness (QED) is 0.495. The Labute approximate surface area is 103 Å². The molecule has 1 aliphatic heterocycles. The van der Waals surface area contributed by atoms with Crippen molar-refractivity contribution in [3.63, 3.8) is 0 Å². The van der Waals surface area contributed by atoms with Crippen LogP contribution in [0, 0.1) is 10.1 Å². The molecule has 0 saturated heterocycles. The van der Waals surface area contributed by atoms with Crippen LogP contribution in [0.3, 0.4) is 0 Å². The number of non-ortho nitro benzene ring substituents is 1. The number of hydrogen-bond acceptors (Lipinski definition) is 6. The number of nitrogens with zero attached hydrogens (tertiary/aromatic N) is 1. The van der Waals surface area contributed by atoms with Crippen LogP contribution in [0.4, 0.5) is 11.4 Å². The number of nitro groups is 1. The highest BCUT2D eigenvalue weighted by atomic mass is 16.6. The summed E-state index contributed by atoms with van der Waals surface area (Å²) in [5.41, 5.74) is 0.476. The lowest BCUT2D eigenvalue weighted by Gasteiger charge is -2.25. The minimum absolute atomic E-state index is 0.0283. The van der Waals surface area contributed by atoms with E-state index in [1.165, 1.54) is 18.2 Å². The first kappa shape index (κ1) is 12.2. The lowest BCUT2D eigenvalue weighted by molar-refractivity contribution is -0.384. The molecule has 7 heteroatoms. The molecule has 1 aliphatic rings. The minimum atomic E-state index is -0.723. The van der Waals surface area contributed by atoms with Gasteiger partial charge in [-0.05, 0) is 13.0 Å². The molecular weight excluding hydrogens is 240 g/mol. The van der Waals surface area contributed by atoms with Crippen LogP contribution in [-0.2, 0) is 9.53 Å². The van der Waals surface area contributed by atoms with Crippen LogP contribution in [-0.4, -0.2) is 30.1 Å². The van der Waals surface area contributed by atoms with Crippen LogP contribution in [0.15, 0.2) is 18.2 Å². The number of nitro benzene ring substituents is 1. The third kappa shape index (κ3) is 2.34. The monoisotopic (exact) mass is 252 g/mol. The molecule has 1 aromatic carbocycles. The molecule has 1 heterocycles. The second kappa shape index (κ2) is 4.91. The molecule has 0 radical (unpaired) electrons. The van der Waals surface area contributed by atoms with Crippen molar-refractivity contribution in [2.45, 2.75) is 13.0 Å². The van der Waals surface area contributed by atoms with E-state index in [1.54, 1.807) is 6.92 Å². The maximum atomic E-state index is 11.5. The second-order valence-electron chi connectivity index (χ2n) is 3.68. The molecule has 0 aromatic heterocycles. The molecule has 2 rings (SSSR count). The van der Waals surface area contributed by atoms with Crippen LogP contribution in [0.25, 0.3) is 0 Å². The number of rotatable bonds is 3. The number of benzene rings is 1. The fourth-order valence-electron chi connectivity index (χ4n) is 1.64. The van der Waals surface area contributed by atoms with Crippen LogP contribution >= 0.6 is 0 Å². The van der Waals surface area contributed by atoms with Crippen molar-refractivity contribution in [2.24, 2.45) is 0 Å². The van der Waals surface area contributed by atoms with Gasteiger partial charge < -0.3 is 14.8 Å². The third-order valence-corrected chi connectivity index (χ3v) is 2.47. The van der Waals surface area contributed by atoms with Gasteiger partial charge in [-0.2, -0.15) is 0 Å². The predicted molar refractivity (Wildman–Crippen MR) is 62.6 cm³/mol. The maximum Gasteiger partial charge on any atom is 0.349 e. The molecule has 1 N–H and O–H groups in total. The Hall–Kier alpha value is -2.31. The van der Waals surface area contributed by atoms with Crippen LogP contribution < -0.4 is 10.1 Å². The first-order valence-corrected chi connectivity index (χ1v) is 5.47. The molecule has 18 heavy (non-hydrogen) atoms. The fourth-order valence-corrected chi connectivity index (χ4v) is 1.64. The Bertz CT molecular complexity index is 488. The molecule has 0 fully saturated rings. The number of carbonyl (C=O) groups excluding carboxylic acids is 1. The molecule has 0 bridgehead atoms. The number of nitrogens with one attached hydrogen (secondary N) is 1. The molecule has 0 unspecified atom stereocenters. The number of ether oxygens (including phenoxy) is 2. The Morgan fingerprint density at radius 2 is 2.44 bits per heavy atom. The van der Waals surface area contributed by atoms with E-state index in [0.29, 0.717) is 11.4 Å². The largest absolute Gasteiger partial charge is 0.475 e. The van der Waals surface area contributed by atoms with Crippen molar-refractivity contribution < 1.29 is 19.2 Å². The van der Waals surface area contributed by atoms with E-state index in [0.717, 1.165) is 0 Å². The second-order valence-corrected chi connectivity index (χ2v) is 3.68. The van der Waals surface area contributed by atoms with Crippen molar-refractivity contribution in [2.75, 3.05) is 18.5 Å². The van der Waals surface area contributed by atoms with Crippen molar-refractivity contribution in [3.05, 3.63) is 28.3 Å². The summed E-state index contributed by atoms with van der Waals surface area (Å²) in [4.78, 5) is 21.6. The van der Waals surface area contributed by atoms with E-state index in [4.69, 9.17) is 9.47 Å². The highest BCUT2D eigenvalue weighted by Crippen LogP contribution is 2.32. The SMILES string of the molecule is CCOC(=O)[C@H]1CNc2cc([N+](=O)[O-])ccc2O1. The summed E-state index contributed by atoms with van der Waals surface area (Å²) in [7, 11) is 0. The zero-order valence-electron chi connectivity index (χ0n) is 9.71. The summed E-state index contributed by atoms with van der Waals surface area (Å²) in [6.07, 6.45) is -0.723. The van der Waals surface area contributed by atoms with Gasteiger partial charge in [-0.25, -0.2) is 4.79 Å². The Kier molecular flexibility index (Phi) is 3.31. The minimum Gasteiger partial charge on any atom is -0.475 e. The number of hydrogen-bond donors (Lipinski definition) is 1. The van der Waals surface area contributed by atoms with E-state index in [1.807, 2.05) is 0 Å². The summed E-state index contributed by atoms with van der Waals surface area (Å²) in [6.45, 7) is 2.23. The topological polar surface area (TPSA) is 90.7 Å². The third-order valence-electron chi connectivity index (χ3n) is 2.47. The average Bonchev–Trinajstić information content (AvgIpc) is 2.37. The number of anilines is 1. The van der Waals surface area contributed by atoms with Gasteiger partial charge in [-0.1, -0.05) is 0 Å². The first-order chi connectivity index (χ1) is 8.61. The maximum absolute atomic E-state index is 11.5. The van der Waals surface area contributed by atoms with Gasteiger partial charge in [0.05, 0.1) is 23.8 Å². The van der Waals surface area contributed by atoms with Gasteiger partial charge in [0.15, 0.2) is 0 Å². The molecule has 0 amide bonds. The normalized spacial score (nSPS) is 17.1. The summed E-state index contributed by atoms with van der Waals surface area (Å²) in [6, 6.07) is 4.16. The van der Waals surface area contributed by atoms with Crippen molar-refractivity contribution in [1.82, 2.24) is 0 Å². The van der Waals surface area contributed by atoms with Crippen LogP contribution in [0.1, 0.15) is 6.92 Å². The van der Waals surface area contributed by atoms with Gasteiger partial charge in [0.1, 0.15) is 5.75 Å². The molecule has 96 valence electrons. The summed E-state index contributed by atoms with van der Waals surface area (Å²) < 4.78 is 10.3. The number of fused-ring (bicyclic) bond motifs is 1. The van der Waals surface area contributed by atoms with Crippen molar-refractivity contribution in [3.8, 4) is 5.75 Å². The lowest BCUT2D eigenvalue weighted by Crippen LogP contribution is -2.38. The summed E-state index contributed by atoms with van der Waals surface area (Å²) in [5, 5.41) is 13.5. The Morgan fingerprint density at radius 1 is 1.67 bits per heavy atom. The Morgan fingerprint density at radius 3 is 3.11 bits per heavy atom. The predicted octanol–water partition coefficient (Wildman–Crippen LogP) is 1.33. The number of carbonyl (C=O) groups is 1. The molecule has 1 atom stereocenters. The van der Waals surface area contributed by atoms with Gasteiger partial charge >= 0.3 is 5.97 Å². The molecule has 0 spiro atoms. The van der Waals surface area contributed by atoms with Gasteiger partial charge in [-0.3, -0.25) is 10.1 Å². The van der Waals surface area contributed by atoms with Gasteiger partial charge in [0.2, 0.25) is 6.10 Å². The highest BCUT2D eigenvalue weighted by molar-refractivity contribution is 5.78. The molecule has 7 nitrogen and oxygen atoms in total. The van der Waals surface area contributed by atoms with E-state index >= 15 is 0 Å².